The molecule has 0 saturated carbocycles. The van der Waals surface area contributed by atoms with Crippen LogP contribution in [0.1, 0.15) is 136 Å². The van der Waals surface area contributed by atoms with Crippen LogP contribution in [-0.2, 0) is 22.6 Å². The fourth-order valence-corrected chi connectivity index (χ4v) is 10.0. The fourth-order valence-electron chi connectivity index (χ4n) is 9.79. The van der Waals surface area contributed by atoms with Crippen molar-refractivity contribution in [2.75, 3.05) is 63.4 Å². The minimum absolute atomic E-state index is 0. The van der Waals surface area contributed by atoms with Crippen molar-refractivity contribution in [3.63, 3.8) is 0 Å². The van der Waals surface area contributed by atoms with E-state index in [2.05, 4.69) is 217 Å². The van der Waals surface area contributed by atoms with Crippen molar-refractivity contribution in [2.45, 2.75) is 110 Å². The van der Waals surface area contributed by atoms with Crippen LogP contribution in [0.5, 0.6) is 35.3 Å². The van der Waals surface area contributed by atoms with Crippen molar-refractivity contribution in [2.24, 2.45) is 0 Å². The molecule has 5 atom stereocenters. The Labute approximate surface area is 685 Å². The van der Waals surface area contributed by atoms with E-state index in [1.807, 2.05) is 110 Å². The van der Waals surface area contributed by atoms with Gasteiger partial charge in [-0.2, -0.15) is 0 Å². The maximum absolute atomic E-state index is 5.23. The minimum atomic E-state index is -0.231. The molecule has 6 aromatic heterocycles. The molecule has 0 amide bonds. The zero-order valence-corrected chi connectivity index (χ0v) is 71.7. The summed E-state index contributed by atoms with van der Waals surface area (Å²) < 4.78 is 41.0. The molecule has 6 N–H and O–H groups in total. The van der Waals surface area contributed by atoms with Crippen molar-refractivity contribution in [3.05, 3.63) is 292 Å². The maximum Gasteiger partial charge on any atom is 1.00 e. The monoisotopic (exact) mass is 1700 g/mol. The molecule has 0 fully saturated rings. The Kier molecular flexibility index (Phi) is 53.1. The molecule has 19 nitrogen and oxygen atoms in total. The number of hydrogen-bond donors (Lipinski definition) is 3. The quantitative estimate of drug-likeness (QED) is 0.0320. The predicted molar refractivity (Wildman–Crippen MR) is 412 cm³/mol. The number of halogens is 1. The molecule has 549 valence electrons. The Morgan fingerprint density at radius 2 is 0.885 bits per heavy atom. The van der Waals surface area contributed by atoms with Gasteiger partial charge in [0.15, 0.2) is 6.29 Å². The average Bonchev–Trinajstić information content (AvgIpc) is 0.817. The van der Waals surface area contributed by atoms with Gasteiger partial charge in [-0.05, 0) is 113 Å². The van der Waals surface area contributed by atoms with Gasteiger partial charge in [-0.3, -0.25) is 4.90 Å². The molecule has 0 aliphatic carbocycles. The summed E-state index contributed by atoms with van der Waals surface area (Å²) in [5, 5.41) is 6.91. The molecule has 0 aliphatic heterocycles. The third kappa shape index (κ3) is 37.3. The van der Waals surface area contributed by atoms with E-state index in [-0.39, 0.29) is 97.5 Å². The van der Waals surface area contributed by atoms with Crippen molar-refractivity contribution in [3.8, 4) is 35.3 Å². The number of nitrogens with one attached hydrogen (secondary N) is 2. The zero-order valence-electron chi connectivity index (χ0n) is 63.4. The van der Waals surface area contributed by atoms with Crippen molar-refractivity contribution in [1.29, 1.82) is 0 Å². The number of pyridine rings is 6. The van der Waals surface area contributed by atoms with Crippen molar-refractivity contribution < 1.29 is 123 Å². The first-order chi connectivity index (χ1) is 49.2. The summed E-state index contributed by atoms with van der Waals surface area (Å²) in [6, 6.07) is 68.8. The average molecular weight is 1710 g/mol. The van der Waals surface area contributed by atoms with Crippen LogP contribution in [0.15, 0.2) is 248 Å². The number of aromatic nitrogens is 6. The smallest absolute Gasteiger partial charge is 0.870 e. The summed E-state index contributed by atoms with van der Waals surface area (Å²) in [4.78, 5) is 27.2. The Morgan fingerprint density at radius 1 is 0.452 bits per heavy atom. The molecule has 1 radical (unpaired) electrons. The van der Waals surface area contributed by atoms with E-state index in [0.29, 0.717) is 60.0 Å². The maximum atomic E-state index is 5.23. The van der Waals surface area contributed by atoms with E-state index in [0.717, 1.165) is 48.0 Å². The Balaban J connectivity index is 0.000000627. The molecule has 10 aromatic rings. The second-order valence-corrected chi connectivity index (χ2v) is 23.4. The summed E-state index contributed by atoms with van der Waals surface area (Å²) in [6.07, 6.45) is 17.5. The molecular formula is C82H107AcBrN10NaO9+. The molecule has 6 heterocycles. The van der Waals surface area contributed by atoms with Crippen LogP contribution in [-0.4, -0.2) is 110 Å². The molecule has 4 unspecified atom stereocenters. The van der Waals surface area contributed by atoms with Crippen LogP contribution in [0.4, 0.5) is 0 Å². The van der Waals surface area contributed by atoms with E-state index in [1.54, 1.807) is 87.6 Å². The molecular weight excluding hydrogens is 1600 g/mol. The second-order valence-electron chi connectivity index (χ2n) is 22.5. The molecule has 0 spiro atoms. The summed E-state index contributed by atoms with van der Waals surface area (Å²) in [5.74, 6) is 3.88. The molecule has 10 rings (SSSR count). The molecule has 104 heavy (non-hydrogen) atoms. The van der Waals surface area contributed by atoms with Crippen LogP contribution < -0.4 is 74.3 Å². The fraction of sp³-hybridized carbons (Fsp3) is 0.317. The van der Waals surface area contributed by atoms with Crippen LogP contribution in [0.2, 0.25) is 0 Å². The molecule has 0 bridgehead atoms. The number of methoxy groups -OCH3 is 8. The Bertz CT molecular complexity index is 3680. The minimum Gasteiger partial charge on any atom is -0.870 e. The molecule has 0 saturated heterocycles. The van der Waals surface area contributed by atoms with Gasteiger partial charge in [-0.25, -0.2) is 29.9 Å². The third-order valence-electron chi connectivity index (χ3n) is 15.7. The number of quaternary nitrogens is 1. The zero-order chi connectivity index (χ0) is 73.2. The Hall–Kier alpha value is -7.04. The first-order valence-electron chi connectivity index (χ1n) is 33.8. The van der Waals surface area contributed by atoms with E-state index in [9.17, 15) is 0 Å². The normalized spacial score (nSPS) is 11.6. The van der Waals surface area contributed by atoms with Crippen LogP contribution in [0, 0.1) is 44.1 Å². The summed E-state index contributed by atoms with van der Waals surface area (Å²) in [6.45, 7) is 15.4. The van der Waals surface area contributed by atoms with Crippen molar-refractivity contribution in [1.82, 2.24) is 45.4 Å². The molecule has 4 aromatic carbocycles. The van der Waals surface area contributed by atoms with Crippen LogP contribution in [0.25, 0.3) is 6.08 Å². The van der Waals surface area contributed by atoms with Gasteiger partial charge in [0.05, 0.1) is 42.7 Å². The Morgan fingerprint density at radius 3 is 1.28 bits per heavy atom. The van der Waals surface area contributed by atoms with Gasteiger partial charge < -0.3 is 59.7 Å². The molecule has 0 aliphatic rings. The van der Waals surface area contributed by atoms with Gasteiger partial charge in [-0.1, -0.05) is 172 Å². The molecule has 22 heteroatoms. The van der Waals surface area contributed by atoms with Crippen molar-refractivity contribution >= 4 is 22.0 Å². The summed E-state index contributed by atoms with van der Waals surface area (Å²) in [5.41, 5.74) is 13.9. The summed E-state index contributed by atoms with van der Waals surface area (Å²) in [7, 11) is 12.9. The number of nitrogens with zero attached hydrogens (tertiary/aromatic N) is 7. The summed E-state index contributed by atoms with van der Waals surface area (Å²) >= 11 is 3.26. The number of ether oxygens (including phenoxy) is 8. The van der Waals surface area contributed by atoms with Gasteiger partial charge in [0.2, 0.25) is 35.3 Å². The SMILES string of the molecule is C/C=C/c1ccc(OC)nc1.CCC(NCC(OC)OC)c1ccc(OC)nc1.CCC([NH3+])c1ccc(OC)nc1.CCC(c1ccc(OC)nc1)N(Cc1ccccc1)C(C)c1ccccc1.COc1ccc(Br)cn1.COc1ccccn1.C[C@@H](NCc1ccccc1)c1ccccc1.[Ac].[Na+].[OH-]. The van der Waals surface area contributed by atoms with Crippen LogP contribution in [0.3, 0.4) is 0 Å². The number of rotatable bonds is 27. The van der Waals surface area contributed by atoms with Crippen LogP contribution >= 0.6 is 15.9 Å². The number of hydrogen-bond acceptors (Lipinski definition) is 18. The van der Waals surface area contributed by atoms with Gasteiger partial charge >= 0.3 is 29.6 Å². The second kappa shape index (κ2) is 58.2. The van der Waals surface area contributed by atoms with E-state index >= 15 is 0 Å². The first kappa shape index (κ1) is 95.0. The van der Waals surface area contributed by atoms with Gasteiger partial charge in [0.1, 0.15) is 6.04 Å². The standard InChI is InChI=1S/C24H28N2O.C15H17N.C13H22N2O3.C9H14N2O.C9H11NO.C6H6BrNO.C6H7NO.Ac.Na.H2O/c1-4-23(22-15-16-24(27-3)25-17-22)26(18-20-11-7-5-8-12-20)19(2)21-13-9-6-10-14-21;1-13(15-10-6-3-7-11-15)16-12-14-8-4-2-5-9-14;1-5-11(14-9-13(17-3)18-4)10-6-7-12(16-2)15-8-10;1-3-8(10)7-4-5-9(12-2)11-6-7;1-3-4-8-5-6-9(11-2)10-7-8;1-9-6-3-2-5(7)4-8-6;1-8-6-4-2-3-5-7-6;;;/h5-17,19,23H,4,18H2,1-3H3;2-11,13,16H,12H2,1H3;6-8,11,13-14H,5,9H2,1-4H3;4-6,8H,3,10H2,1-2H3;3-7H,1-2H3;2-4H,1H3;2-5H,1H3;;;1H2/q;;;;;;;;+1;/b;;;;4-3+;;;;;/t;13-;;;;;;;;/m.1......../s1. The largest absolute Gasteiger partial charge is 1.00 e. The van der Waals surface area contributed by atoms with Gasteiger partial charge in [0, 0.05) is 192 Å². The van der Waals surface area contributed by atoms with E-state index in [1.165, 1.54) is 33.4 Å². The third-order valence-corrected chi connectivity index (χ3v) is 16.2. The number of allylic oxidation sites excluding steroid dienone is 1. The van der Waals surface area contributed by atoms with E-state index < -0.39 is 0 Å². The first-order valence-corrected chi connectivity index (χ1v) is 34.5. The predicted octanol–water partition coefficient (Wildman–Crippen LogP) is 13.8. The van der Waals surface area contributed by atoms with Gasteiger partial charge in [-0.15, -0.1) is 0 Å². The number of benzene rings is 4. The van der Waals surface area contributed by atoms with Gasteiger partial charge in [0.25, 0.3) is 0 Å². The topological polar surface area (TPSA) is 236 Å². The van der Waals surface area contributed by atoms with E-state index in [4.69, 9.17) is 37.9 Å².